The number of carboxylic acid groups (broad SMARTS) is 1. The number of anilines is 1. The third kappa shape index (κ3) is 5.49. The second-order valence-corrected chi connectivity index (χ2v) is 8.00. The number of aromatic carboxylic acids is 1. The largest absolute Gasteiger partial charge is 0.477 e. The van der Waals surface area contributed by atoms with E-state index in [1.54, 1.807) is 23.6 Å². The van der Waals surface area contributed by atoms with Crippen LogP contribution in [0.15, 0.2) is 23.6 Å². The summed E-state index contributed by atoms with van der Waals surface area (Å²) in [6, 6.07) is 4.94. The van der Waals surface area contributed by atoms with Gasteiger partial charge in [0, 0.05) is 28.4 Å². The molecule has 0 bridgehead atoms. The molecule has 2 heterocycles. The molecule has 0 radical (unpaired) electrons. The zero-order chi connectivity index (χ0) is 23.1. The maximum absolute atomic E-state index is 12.7. The van der Waals surface area contributed by atoms with Gasteiger partial charge in [-0.25, -0.2) is 9.78 Å². The number of hydrogen-bond acceptors (Lipinski definition) is 7. The van der Waals surface area contributed by atoms with E-state index in [4.69, 9.17) is 5.73 Å². The van der Waals surface area contributed by atoms with Crippen molar-refractivity contribution in [3.8, 4) is 0 Å². The van der Waals surface area contributed by atoms with Gasteiger partial charge in [0.2, 0.25) is 0 Å². The van der Waals surface area contributed by atoms with E-state index < -0.39 is 11.9 Å². The van der Waals surface area contributed by atoms with Crippen LogP contribution < -0.4 is 21.7 Å². The summed E-state index contributed by atoms with van der Waals surface area (Å²) < 4.78 is 0. The van der Waals surface area contributed by atoms with Gasteiger partial charge in [0.15, 0.2) is 5.13 Å². The quantitative estimate of drug-likeness (QED) is 0.239. The smallest absolute Gasteiger partial charge is 0.352 e. The molecule has 7 N–H and O–H groups in total. The lowest BCUT2D eigenvalue weighted by Gasteiger charge is -2.04. The minimum absolute atomic E-state index is 0.108. The van der Waals surface area contributed by atoms with Crippen molar-refractivity contribution < 1.29 is 19.5 Å². The molecule has 3 aromatic rings. The predicted molar refractivity (Wildman–Crippen MR) is 124 cm³/mol. The van der Waals surface area contributed by atoms with E-state index in [9.17, 15) is 19.5 Å². The van der Waals surface area contributed by atoms with Crippen LogP contribution >= 0.6 is 11.3 Å². The van der Waals surface area contributed by atoms with Crippen molar-refractivity contribution in [1.29, 1.82) is 0 Å². The number of nitrogens with two attached hydrogens (primary N) is 1. The molecule has 32 heavy (non-hydrogen) atoms. The minimum atomic E-state index is -1.06. The zero-order valence-corrected chi connectivity index (χ0v) is 18.5. The Hall–Kier alpha value is -3.28. The van der Waals surface area contributed by atoms with Gasteiger partial charge in [0.25, 0.3) is 11.8 Å². The highest BCUT2D eigenvalue weighted by Gasteiger charge is 2.19. The molecule has 2 aromatic heterocycles. The van der Waals surface area contributed by atoms with Crippen molar-refractivity contribution in [1.82, 2.24) is 20.6 Å². The van der Waals surface area contributed by atoms with Crippen LogP contribution in [0.4, 0.5) is 5.13 Å². The number of hydrogen-bond donors (Lipinski definition) is 6. The van der Waals surface area contributed by atoms with E-state index in [0.29, 0.717) is 53.1 Å². The fraction of sp³-hybridized carbons (Fsp3) is 0.333. The van der Waals surface area contributed by atoms with Crippen LogP contribution in [0.1, 0.15) is 49.7 Å². The van der Waals surface area contributed by atoms with Crippen LogP contribution in [-0.4, -0.2) is 59.5 Å². The molecule has 10 nitrogen and oxygen atoms in total. The molecule has 0 aliphatic carbocycles. The summed E-state index contributed by atoms with van der Waals surface area (Å²) in [7, 11) is 1.84. The minimum Gasteiger partial charge on any atom is -0.477 e. The molecule has 0 unspecified atom stereocenters. The maximum Gasteiger partial charge on any atom is 0.352 e. The van der Waals surface area contributed by atoms with Gasteiger partial charge in [0.1, 0.15) is 11.4 Å². The molecule has 0 aliphatic rings. The van der Waals surface area contributed by atoms with Gasteiger partial charge < -0.3 is 26.5 Å². The van der Waals surface area contributed by atoms with Crippen LogP contribution in [-0.2, 0) is 6.42 Å². The number of aromatic nitrogens is 2. The number of amides is 2. The molecule has 0 spiro atoms. The molecule has 170 valence electrons. The van der Waals surface area contributed by atoms with Gasteiger partial charge in [-0.3, -0.25) is 14.9 Å². The van der Waals surface area contributed by atoms with Gasteiger partial charge in [0.05, 0.1) is 0 Å². The Balaban J connectivity index is 1.74. The fourth-order valence-electron chi connectivity index (χ4n) is 3.27. The van der Waals surface area contributed by atoms with Crippen molar-refractivity contribution >= 4 is 45.2 Å². The lowest BCUT2D eigenvalue weighted by atomic mass is 10.0. The summed E-state index contributed by atoms with van der Waals surface area (Å²) in [6.45, 7) is 1.76. The number of nitrogens with zero attached hydrogens (tertiary/aromatic N) is 1. The van der Waals surface area contributed by atoms with Gasteiger partial charge in [-0.1, -0.05) is 0 Å². The standard InChI is InChI=1S/C21H26N6O4S/c1-23-8-3-9-24-19(29)16-11-32-21(26-16)27-18(28)12-5-6-15-14(10-12)13(4-2-7-22)17(25-15)20(30)31/h5-6,10-11,23,25H,2-4,7-9,22H2,1H3,(H,24,29)(H,30,31)(H,26,27,28). The Morgan fingerprint density at radius 2 is 2.00 bits per heavy atom. The highest BCUT2D eigenvalue weighted by molar-refractivity contribution is 7.14. The predicted octanol–water partition coefficient (Wildman–Crippen LogP) is 1.81. The first-order chi connectivity index (χ1) is 15.4. The number of H-pyrrole nitrogens is 1. The Labute approximate surface area is 188 Å². The van der Waals surface area contributed by atoms with Crippen molar-refractivity contribution in [3.05, 3.63) is 46.1 Å². The van der Waals surface area contributed by atoms with Crippen LogP contribution in [0.25, 0.3) is 10.9 Å². The number of carbonyl (C=O) groups is 3. The summed E-state index contributed by atoms with van der Waals surface area (Å²) in [5, 5.41) is 20.5. The molecule has 0 saturated heterocycles. The summed E-state index contributed by atoms with van der Waals surface area (Å²) in [4.78, 5) is 43.6. The van der Waals surface area contributed by atoms with E-state index in [1.807, 2.05) is 7.05 Å². The second-order valence-electron chi connectivity index (χ2n) is 7.14. The van der Waals surface area contributed by atoms with Crippen LogP contribution in [0, 0.1) is 0 Å². The van der Waals surface area contributed by atoms with E-state index >= 15 is 0 Å². The monoisotopic (exact) mass is 458 g/mol. The van der Waals surface area contributed by atoms with Crippen LogP contribution in [0.2, 0.25) is 0 Å². The number of aryl methyl sites for hydroxylation is 1. The molecule has 2 amide bonds. The number of carbonyl (C=O) groups excluding carboxylic acids is 2. The first-order valence-electron chi connectivity index (χ1n) is 10.2. The number of thiazole rings is 1. The number of nitrogens with one attached hydrogen (secondary N) is 4. The van der Waals surface area contributed by atoms with Gasteiger partial charge in [-0.15, -0.1) is 11.3 Å². The van der Waals surface area contributed by atoms with Crippen molar-refractivity contribution in [2.24, 2.45) is 5.73 Å². The van der Waals surface area contributed by atoms with E-state index in [-0.39, 0.29) is 17.3 Å². The number of benzene rings is 1. The molecular formula is C21H26N6O4S. The van der Waals surface area contributed by atoms with Gasteiger partial charge >= 0.3 is 5.97 Å². The summed E-state index contributed by atoms with van der Waals surface area (Å²) in [6.07, 6.45) is 1.92. The molecule has 0 aliphatic heterocycles. The zero-order valence-electron chi connectivity index (χ0n) is 17.7. The van der Waals surface area contributed by atoms with Crippen LogP contribution in [0.3, 0.4) is 0 Å². The first kappa shape index (κ1) is 23.4. The van der Waals surface area contributed by atoms with Gasteiger partial charge in [-0.05, 0) is 63.2 Å². The molecule has 3 rings (SSSR count). The lowest BCUT2D eigenvalue weighted by molar-refractivity contribution is 0.0689. The average molecular weight is 459 g/mol. The number of fused-ring (bicyclic) bond motifs is 1. The normalized spacial score (nSPS) is 10.9. The van der Waals surface area contributed by atoms with Crippen molar-refractivity contribution in [2.45, 2.75) is 19.3 Å². The third-order valence-electron chi connectivity index (χ3n) is 4.86. The topological polar surface area (TPSA) is 162 Å². The van der Waals surface area contributed by atoms with Crippen molar-refractivity contribution in [3.63, 3.8) is 0 Å². The van der Waals surface area contributed by atoms with E-state index in [0.717, 1.165) is 24.3 Å². The molecule has 11 heteroatoms. The molecule has 0 saturated carbocycles. The van der Waals surface area contributed by atoms with Crippen LogP contribution in [0.5, 0.6) is 0 Å². The second kappa shape index (κ2) is 10.8. The van der Waals surface area contributed by atoms with E-state index in [2.05, 4.69) is 25.9 Å². The van der Waals surface area contributed by atoms with Gasteiger partial charge in [-0.2, -0.15) is 0 Å². The lowest BCUT2D eigenvalue weighted by Crippen LogP contribution is -2.26. The maximum atomic E-state index is 12.7. The summed E-state index contributed by atoms with van der Waals surface area (Å²) >= 11 is 1.16. The SMILES string of the molecule is CNCCCNC(=O)c1csc(NC(=O)c2ccc3[nH]c(C(=O)O)c(CCCN)c3c2)n1. The number of rotatable bonds is 11. The molecule has 0 fully saturated rings. The molecule has 1 aromatic carbocycles. The average Bonchev–Trinajstić information content (AvgIpc) is 3.39. The highest BCUT2D eigenvalue weighted by atomic mass is 32.1. The third-order valence-corrected chi connectivity index (χ3v) is 5.62. The number of carboxylic acids is 1. The summed E-state index contributed by atoms with van der Waals surface area (Å²) in [5.74, 6) is -1.75. The molecular weight excluding hydrogens is 432 g/mol. The molecule has 0 atom stereocenters. The van der Waals surface area contributed by atoms with Crippen molar-refractivity contribution in [2.75, 3.05) is 32.0 Å². The Kier molecular flexibility index (Phi) is 7.92. The Morgan fingerprint density at radius 3 is 2.72 bits per heavy atom. The fourth-order valence-corrected chi connectivity index (χ4v) is 3.96. The first-order valence-corrected chi connectivity index (χ1v) is 11.1. The van der Waals surface area contributed by atoms with E-state index in [1.165, 1.54) is 0 Å². The highest BCUT2D eigenvalue weighted by Crippen LogP contribution is 2.26. The summed E-state index contributed by atoms with van der Waals surface area (Å²) in [5.41, 5.74) is 7.55. The Morgan fingerprint density at radius 1 is 1.19 bits per heavy atom. The Bertz CT molecular complexity index is 1120. The number of aromatic amines is 1.